The molecule has 2 N–H and O–H groups in total. The van der Waals surface area contributed by atoms with E-state index in [4.69, 9.17) is 5.73 Å². The third kappa shape index (κ3) is 3.13. The van der Waals surface area contributed by atoms with Crippen LogP contribution in [-0.4, -0.2) is 13.6 Å². The van der Waals surface area contributed by atoms with Crippen LogP contribution in [0.25, 0.3) is 0 Å². The van der Waals surface area contributed by atoms with Gasteiger partial charge in [-0.05, 0) is 49.9 Å². The van der Waals surface area contributed by atoms with Crippen molar-refractivity contribution in [1.82, 2.24) is 0 Å². The van der Waals surface area contributed by atoms with Crippen LogP contribution in [0.2, 0.25) is 0 Å². The van der Waals surface area contributed by atoms with Gasteiger partial charge in [-0.2, -0.15) is 0 Å². The molecule has 0 fully saturated rings. The molecule has 0 aromatic heterocycles. The fourth-order valence-corrected chi connectivity index (χ4v) is 2.67. The highest BCUT2D eigenvalue weighted by molar-refractivity contribution is 5.71. The molecule has 106 valence electrons. The van der Waals surface area contributed by atoms with Crippen LogP contribution in [0.1, 0.15) is 22.3 Å². The highest BCUT2D eigenvalue weighted by Crippen LogP contribution is 2.26. The number of para-hydroxylation sites is 1. The van der Waals surface area contributed by atoms with Crippen molar-refractivity contribution in [1.29, 1.82) is 0 Å². The molecule has 20 heavy (non-hydrogen) atoms. The average molecular weight is 268 g/mol. The predicted molar refractivity (Wildman–Crippen MR) is 88.5 cm³/mol. The molecule has 0 saturated heterocycles. The number of benzene rings is 2. The van der Waals surface area contributed by atoms with Gasteiger partial charge in [-0.25, -0.2) is 0 Å². The van der Waals surface area contributed by atoms with Gasteiger partial charge in [-0.15, -0.1) is 0 Å². The number of aryl methyl sites for hydroxylation is 3. The first-order chi connectivity index (χ1) is 9.49. The normalized spacial score (nSPS) is 10.6. The smallest absolute Gasteiger partial charge is 0.0627 e. The van der Waals surface area contributed by atoms with Gasteiger partial charge in [0.05, 0.1) is 11.4 Å². The van der Waals surface area contributed by atoms with Crippen LogP contribution in [0, 0.1) is 20.8 Å². The van der Waals surface area contributed by atoms with E-state index in [9.17, 15) is 0 Å². The van der Waals surface area contributed by atoms with Crippen LogP contribution in [0.5, 0.6) is 0 Å². The molecule has 2 aromatic carbocycles. The molecule has 0 heterocycles. The molecule has 0 aliphatic heterocycles. The Morgan fingerprint density at radius 3 is 2.45 bits per heavy atom. The zero-order valence-electron chi connectivity index (χ0n) is 12.9. The maximum absolute atomic E-state index is 6.10. The summed E-state index contributed by atoms with van der Waals surface area (Å²) in [5.74, 6) is 0. The first kappa shape index (κ1) is 14.4. The van der Waals surface area contributed by atoms with E-state index in [-0.39, 0.29) is 0 Å². The third-order valence-electron chi connectivity index (χ3n) is 3.87. The molecule has 0 unspecified atom stereocenters. The van der Waals surface area contributed by atoms with E-state index in [0.717, 1.165) is 24.3 Å². The summed E-state index contributed by atoms with van der Waals surface area (Å²) in [6.45, 7) is 7.41. The van der Waals surface area contributed by atoms with Crippen molar-refractivity contribution in [2.75, 3.05) is 24.2 Å². The van der Waals surface area contributed by atoms with Gasteiger partial charge >= 0.3 is 0 Å². The van der Waals surface area contributed by atoms with Crippen LogP contribution in [-0.2, 0) is 6.42 Å². The molecule has 0 spiro atoms. The van der Waals surface area contributed by atoms with Crippen molar-refractivity contribution < 1.29 is 0 Å². The minimum absolute atomic E-state index is 0.855. The Balaban J connectivity index is 2.13. The van der Waals surface area contributed by atoms with Crippen LogP contribution >= 0.6 is 0 Å². The van der Waals surface area contributed by atoms with Gasteiger partial charge in [0.2, 0.25) is 0 Å². The maximum Gasteiger partial charge on any atom is 0.0627 e. The number of nitrogens with zero attached hydrogens (tertiary/aromatic N) is 1. The Bertz CT molecular complexity index is 582. The second-order valence-corrected chi connectivity index (χ2v) is 5.61. The lowest BCUT2D eigenvalue weighted by Gasteiger charge is -2.23. The minimum Gasteiger partial charge on any atom is -0.397 e. The number of likely N-dealkylation sites (N-methyl/N-ethyl adjacent to an activating group) is 1. The Kier molecular flexibility index (Phi) is 4.33. The van der Waals surface area contributed by atoms with E-state index in [1.807, 2.05) is 12.1 Å². The van der Waals surface area contributed by atoms with E-state index >= 15 is 0 Å². The fourth-order valence-electron chi connectivity index (χ4n) is 2.67. The van der Waals surface area contributed by atoms with Crippen LogP contribution in [0.15, 0.2) is 36.4 Å². The summed E-state index contributed by atoms with van der Waals surface area (Å²) < 4.78 is 0. The highest BCUT2D eigenvalue weighted by atomic mass is 15.1. The molecule has 2 aromatic rings. The number of hydrogen-bond acceptors (Lipinski definition) is 2. The zero-order chi connectivity index (χ0) is 14.7. The molecule has 2 nitrogen and oxygen atoms in total. The van der Waals surface area contributed by atoms with Crippen molar-refractivity contribution in [2.24, 2.45) is 0 Å². The number of hydrogen-bond donors (Lipinski definition) is 1. The van der Waals surface area contributed by atoms with E-state index in [2.05, 4.69) is 57.0 Å². The van der Waals surface area contributed by atoms with Crippen molar-refractivity contribution >= 4 is 11.4 Å². The summed E-state index contributed by atoms with van der Waals surface area (Å²) in [5.41, 5.74) is 13.4. The fraction of sp³-hybridized carbons (Fsp3) is 0.333. The van der Waals surface area contributed by atoms with E-state index in [0.29, 0.717) is 0 Å². The van der Waals surface area contributed by atoms with Gasteiger partial charge in [0.1, 0.15) is 0 Å². The minimum atomic E-state index is 0.855. The quantitative estimate of drug-likeness (QED) is 0.853. The second-order valence-electron chi connectivity index (χ2n) is 5.61. The lowest BCUT2D eigenvalue weighted by molar-refractivity contribution is 0.868. The first-order valence-electron chi connectivity index (χ1n) is 7.11. The molecule has 2 rings (SSSR count). The van der Waals surface area contributed by atoms with Gasteiger partial charge in [-0.3, -0.25) is 0 Å². The Hall–Kier alpha value is -1.96. The number of nitrogen functional groups attached to an aromatic ring is 1. The lowest BCUT2D eigenvalue weighted by atomic mass is 10.0. The topological polar surface area (TPSA) is 29.3 Å². The summed E-state index contributed by atoms with van der Waals surface area (Å²) in [6.07, 6.45) is 1.04. The number of rotatable bonds is 4. The molecule has 0 radical (unpaired) electrons. The molecular formula is C18H24N2. The Morgan fingerprint density at radius 2 is 1.75 bits per heavy atom. The highest BCUT2D eigenvalue weighted by Gasteiger charge is 2.09. The van der Waals surface area contributed by atoms with E-state index in [1.165, 1.54) is 22.3 Å². The maximum atomic E-state index is 6.10. The average Bonchev–Trinajstić information content (AvgIpc) is 2.39. The predicted octanol–water partition coefficient (Wildman–Crippen LogP) is 3.87. The van der Waals surface area contributed by atoms with Gasteiger partial charge in [0, 0.05) is 13.6 Å². The summed E-state index contributed by atoms with van der Waals surface area (Å²) in [5, 5.41) is 0. The van der Waals surface area contributed by atoms with E-state index in [1.54, 1.807) is 0 Å². The Labute approximate surface area is 122 Å². The van der Waals surface area contributed by atoms with Crippen molar-refractivity contribution in [2.45, 2.75) is 27.2 Å². The monoisotopic (exact) mass is 268 g/mol. The van der Waals surface area contributed by atoms with Crippen molar-refractivity contribution in [3.05, 3.63) is 58.7 Å². The molecule has 0 aliphatic rings. The molecule has 2 heteroatoms. The summed E-state index contributed by atoms with van der Waals surface area (Å²) >= 11 is 0. The van der Waals surface area contributed by atoms with E-state index < -0.39 is 0 Å². The summed E-state index contributed by atoms with van der Waals surface area (Å²) in [7, 11) is 2.11. The zero-order valence-corrected chi connectivity index (χ0v) is 12.9. The summed E-state index contributed by atoms with van der Waals surface area (Å²) in [4.78, 5) is 2.26. The standard InChI is InChI=1S/C18H24N2/c1-13-8-9-14(2)16(12-13)10-11-20(4)18-15(3)6-5-7-17(18)19/h5-9,12H,10-11,19H2,1-4H3. The van der Waals surface area contributed by atoms with Gasteiger partial charge in [0.15, 0.2) is 0 Å². The molecule has 0 aliphatic carbocycles. The summed E-state index contributed by atoms with van der Waals surface area (Å²) in [6, 6.07) is 12.7. The first-order valence-corrected chi connectivity index (χ1v) is 7.11. The molecule has 0 amide bonds. The second kappa shape index (κ2) is 6.00. The van der Waals surface area contributed by atoms with Crippen molar-refractivity contribution in [3.63, 3.8) is 0 Å². The van der Waals surface area contributed by atoms with Crippen LogP contribution < -0.4 is 10.6 Å². The van der Waals surface area contributed by atoms with Crippen LogP contribution in [0.3, 0.4) is 0 Å². The number of nitrogens with two attached hydrogens (primary N) is 1. The van der Waals surface area contributed by atoms with Crippen molar-refractivity contribution in [3.8, 4) is 0 Å². The SMILES string of the molecule is Cc1ccc(C)c(CCN(C)c2c(C)cccc2N)c1. The largest absolute Gasteiger partial charge is 0.397 e. The third-order valence-corrected chi connectivity index (χ3v) is 3.87. The molecule has 0 saturated carbocycles. The Morgan fingerprint density at radius 1 is 1.00 bits per heavy atom. The lowest BCUT2D eigenvalue weighted by Crippen LogP contribution is -2.22. The molecule has 0 bridgehead atoms. The van der Waals surface area contributed by atoms with Gasteiger partial charge in [-0.1, -0.05) is 35.9 Å². The number of anilines is 2. The molecular weight excluding hydrogens is 244 g/mol. The van der Waals surface area contributed by atoms with Gasteiger partial charge < -0.3 is 10.6 Å². The molecule has 0 atom stereocenters. The van der Waals surface area contributed by atoms with Gasteiger partial charge in [0.25, 0.3) is 0 Å². The van der Waals surface area contributed by atoms with Crippen LogP contribution in [0.4, 0.5) is 11.4 Å².